The lowest BCUT2D eigenvalue weighted by Crippen LogP contribution is -2.08. The topological polar surface area (TPSA) is 76.5 Å². The standard InChI is InChI=1S/C12H11N5O/c1-8(18)7-17-12-9(3-2-4-15-12)10(16-17)11-13-5-6-14-11/h2-6H,7H2,1H3,(H,13,14). The number of H-pyrrole nitrogens is 1. The Labute approximate surface area is 103 Å². The van der Waals surface area contributed by atoms with Crippen LogP contribution in [-0.4, -0.2) is 30.5 Å². The molecule has 0 amide bonds. The summed E-state index contributed by atoms with van der Waals surface area (Å²) < 4.78 is 1.61. The Kier molecular flexibility index (Phi) is 2.40. The van der Waals surface area contributed by atoms with E-state index < -0.39 is 0 Å². The fraction of sp³-hybridized carbons (Fsp3) is 0.167. The normalized spacial score (nSPS) is 10.9. The Bertz CT molecular complexity index is 698. The molecule has 1 N–H and O–H groups in total. The molecule has 0 atom stereocenters. The van der Waals surface area contributed by atoms with Crippen LogP contribution >= 0.6 is 0 Å². The van der Waals surface area contributed by atoms with Crippen molar-refractivity contribution in [1.82, 2.24) is 24.7 Å². The number of fused-ring (bicyclic) bond motifs is 1. The fourth-order valence-corrected chi connectivity index (χ4v) is 1.90. The Hall–Kier alpha value is -2.50. The highest BCUT2D eigenvalue weighted by molar-refractivity contribution is 5.90. The maximum Gasteiger partial charge on any atom is 0.158 e. The fourth-order valence-electron chi connectivity index (χ4n) is 1.90. The molecule has 90 valence electrons. The molecular weight excluding hydrogens is 230 g/mol. The van der Waals surface area contributed by atoms with Crippen molar-refractivity contribution in [2.24, 2.45) is 0 Å². The van der Waals surface area contributed by atoms with Crippen LogP contribution in [0, 0.1) is 0 Å². The Morgan fingerprint density at radius 2 is 2.28 bits per heavy atom. The van der Waals surface area contributed by atoms with E-state index in [0.717, 1.165) is 5.39 Å². The molecule has 3 rings (SSSR count). The van der Waals surface area contributed by atoms with Gasteiger partial charge in [-0.15, -0.1) is 0 Å². The van der Waals surface area contributed by atoms with Crippen molar-refractivity contribution in [3.8, 4) is 11.5 Å². The van der Waals surface area contributed by atoms with Crippen LogP contribution in [0.25, 0.3) is 22.6 Å². The molecule has 0 saturated heterocycles. The molecule has 0 aliphatic rings. The van der Waals surface area contributed by atoms with E-state index in [1.165, 1.54) is 6.92 Å². The monoisotopic (exact) mass is 241 g/mol. The number of aromatic nitrogens is 5. The third-order valence-electron chi connectivity index (χ3n) is 2.60. The summed E-state index contributed by atoms with van der Waals surface area (Å²) in [5.41, 5.74) is 1.41. The number of nitrogens with one attached hydrogen (secondary N) is 1. The van der Waals surface area contributed by atoms with Gasteiger partial charge in [0.15, 0.2) is 17.3 Å². The number of aromatic amines is 1. The molecule has 3 aromatic rings. The molecule has 0 aliphatic carbocycles. The van der Waals surface area contributed by atoms with Crippen molar-refractivity contribution < 1.29 is 4.79 Å². The van der Waals surface area contributed by atoms with Crippen molar-refractivity contribution in [3.63, 3.8) is 0 Å². The largest absolute Gasteiger partial charge is 0.343 e. The molecule has 0 aliphatic heterocycles. The van der Waals surface area contributed by atoms with Crippen LogP contribution < -0.4 is 0 Å². The number of ketones is 1. The van der Waals surface area contributed by atoms with Gasteiger partial charge >= 0.3 is 0 Å². The van der Waals surface area contributed by atoms with Crippen molar-refractivity contribution in [3.05, 3.63) is 30.7 Å². The molecular formula is C12H11N5O. The summed E-state index contributed by atoms with van der Waals surface area (Å²) in [4.78, 5) is 22.7. The quantitative estimate of drug-likeness (QED) is 0.752. The molecule has 18 heavy (non-hydrogen) atoms. The third kappa shape index (κ3) is 1.67. The van der Waals surface area contributed by atoms with Gasteiger partial charge in [0.1, 0.15) is 12.2 Å². The van der Waals surface area contributed by atoms with Gasteiger partial charge in [0.2, 0.25) is 0 Å². The highest BCUT2D eigenvalue weighted by Gasteiger charge is 2.15. The number of hydrogen-bond donors (Lipinski definition) is 1. The minimum atomic E-state index is 0.0380. The van der Waals surface area contributed by atoms with Crippen LogP contribution in [-0.2, 0) is 11.3 Å². The van der Waals surface area contributed by atoms with Crippen molar-refractivity contribution in [2.45, 2.75) is 13.5 Å². The van der Waals surface area contributed by atoms with E-state index in [4.69, 9.17) is 0 Å². The van der Waals surface area contributed by atoms with Gasteiger partial charge in [-0.25, -0.2) is 14.6 Å². The van der Waals surface area contributed by atoms with E-state index in [1.807, 2.05) is 12.1 Å². The van der Waals surface area contributed by atoms with Crippen LogP contribution in [0.1, 0.15) is 6.92 Å². The molecule has 0 saturated carbocycles. The van der Waals surface area contributed by atoms with E-state index in [1.54, 1.807) is 23.3 Å². The SMILES string of the molecule is CC(=O)Cn1nc(-c2ncc[nH]2)c2cccnc21. The summed E-state index contributed by atoms with van der Waals surface area (Å²) in [7, 11) is 0. The van der Waals surface area contributed by atoms with Crippen molar-refractivity contribution in [2.75, 3.05) is 0 Å². The average molecular weight is 241 g/mol. The van der Waals surface area contributed by atoms with Crippen LogP contribution in [0.2, 0.25) is 0 Å². The minimum Gasteiger partial charge on any atom is -0.343 e. The summed E-state index contributed by atoms with van der Waals surface area (Å²) in [6, 6.07) is 3.76. The first-order valence-electron chi connectivity index (χ1n) is 5.56. The second-order valence-corrected chi connectivity index (χ2v) is 4.02. The molecule has 0 aromatic carbocycles. The molecule has 0 radical (unpaired) electrons. The van der Waals surface area contributed by atoms with Gasteiger partial charge in [0.25, 0.3) is 0 Å². The molecule has 3 heterocycles. The van der Waals surface area contributed by atoms with Gasteiger partial charge in [-0.1, -0.05) is 0 Å². The van der Waals surface area contributed by atoms with Gasteiger partial charge < -0.3 is 4.98 Å². The first kappa shape index (κ1) is 10.6. The van der Waals surface area contributed by atoms with Crippen molar-refractivity contribution in [1.29, 1.82) is 0 Å². The van der Waals surface area contributed by atoms with Crippen LogP contribution in [0.5, 0.6) is 0 Å². The molecule has 0 bridgehead atoms. The van der Waals surface area contributed by atoms with Gasteiger partial charge in [-0.2, -0.15) is 5.10 Å². The highest BCUT2D eigenvalue weighted by atomic mass is 16.1. The van der Waals surface area contributed by atoms with Crippen LogP contribution in [0.3, 0.4) is 0 Å². The predicted molar refractivity (Wildman–Crippen MR) is 65.8 cm³/mol. The lowest BCUT2D eigenvalue weighted by atomic mass is 10.2. The molecule has 6 nitrogen and oxygen atoms in total. The number of rotatable bonds is 3. The van der Waals surface area contributed by atoms with E-state index in [2.05, 4.69) is 20.1 Å². The smallest absolute Gasteiger partial charge is 0.158 e. The van der Waals surface area contributed by atoms with Gasteiger partial charge in [0, 0.05) is 18.6 Å². The summed E-state index contributed by atoms with van der Waals surface area (Å²) >= 11 is 0. The number of Topliss-reactive ketones (excluding diaryl/α,β-unsaturated/α-hetero) is 1. The summed E-state index contributed by atoms with van der Waals surface area (Å²) in [6.45, 7) is 1.75. The number of nitrogens with zero attached hydrogens (tertiary/aromatic N) is 4. The molecule has 0 spiro atoms. The summed E-state index contributed by atoms with van der Waals surface area (Å²) in [6.07, 6.45) is 5.09. The van der Waals surface area contributed by atoms with Gasteiger partial charge in [-0.05, 0) is 19.1 Å². The van der Waals surface area contributed by atoms with E-state index in [-0.39, 0.29) is 12.3 Å². The molecule has 3 aromatic heterocycles. The lowest BCUT2D eigenvalue weighted by molar-refractivity contribution is -0.117. The predicted octanol–water partition coefficient (Wildman–Crippen LogP) is 1.41. The van der Waals surface area contributed by atoms with E-state index >= 15 is 0 Å². The zero-order valence-electron chi connectivity index (χ0n) is 9.79. The molecule has 0 fully saturated rings. The zero-order chi connectivity index (χ0) is 12.5. The summed E-state index contributed by atoms with van der Waals surface area (Å²) in [5, 5.41) is 5.29. The van der Waals surface area contributed by atoms with E-state index in [0.29, 0.717) is 17.2 Å². The molecule has 6 heteroatoms. The number of pyridine rings is 1. The Morgan fingerprint density at radius 1 is 1.39 bits per heavy atom. The average Bonchev–Trinajstić information content (AvgIpc) is 2.96. The van der Waals surface area contributed by atoms with E-state index in [9.17, 15) is 4.79 Å². The summed E-state index contributed by atoms with van der Waals surface area (Å²) in [5.74, 6) is 0.714. The first-order valence-corrected chi connectivity index (χ1v) is 5.56. The second-order valence-electron chi connectivity index (χ2n) is 4.02. The minimum absolute atomic E-state index is 0.0380. The zero-order valence-corrected chi connectivity index (χ0v) is 9.79. The lowest BCUT2D eigenvalue weighted by Gasteiger charge is -1.97. The number of hydrogen-bond acceptors (Lipinski definition) is 4. The van der Waals surface area contributed by atoms with Crippen LogP contribution in [0.15, 0.2) is 30.7 Å². The number of carbonyl (C=O) groups excluding carboxylic acids is 1. The van der Waals surface area contributed by atoms with Crippen LogP contribution in [0.4, 0.5) is 0 Å². The maximum atomic E-state index is 11.2. The Balaban J connectivity index is 2.24. The maximum absolute atomic E-state index is 11.2. The highest BCUT2D eigenvalue weighted by Crippen LogP contribution is 2.23. The first-order chi connectivity index (χ1) is 8.75. The van der Waals surface area contributed by atoms with Crippen molar-refractivity contribution >= 4 is 16.8 Å². The number of imidazole rings is 1. The third-order valence-corrected chi connectivity index (χ3v) is 2.60. The number of carbonyl (C=O) groups is 1. The van der Waals surface area contributed by atoms with Gasteiger partial charge in [-0.3, -0.25) is 4.79 Å². The second kappa shape index (κ2) is 4.06. The van der Waals surface area contributed by atoms with Gasteiger partial charge in [0.05, 0.1) is 5.39 Å². The Morgan fingerprint density at radius 3 is 3.00 bits per heavy atom. The molecule has 0 unspecified atom stereocenters.